The van der Waals surface area contributed by atoms with Crippen molar-refractivity contribution in [2.75, 3.05) is 13.7 Å². The molecule has 1 fully saturated rings. The molecule has 7 nitrogen and oxygen atoms in total. The molecule has 0 radical (unpaired) electrons. The van der Waals surface area contributed by atoms with Crippen LogP contribution in [0.1, 0.15) is 20.3 Å². The SMILES string of the molecule is COC(=O)[C@H]1C[C@@H](OC(C)=O)[C@H](COC(C)=O)O1. The normalized spacial score (nSPS) is 26.5. The maximum atomic E-state index is 11.3. The number of carbonyl (C=O) groups is 3. The van der Waals surface area contributed by atoms with Gasteiger partial charge >= 0.3 is 17.9 Å². The quantitative estimate of drug-likeness (QED) is 0.511. The standard InChI is InChI=1S/C11H16O7/c1-6(12)16-5-10-8(17-7(2)13)4-9(18-10)11(14)15-3/h8-10H,4-5H2,1-3H3/t8-,9-,10+/m1/s1. The van der Waals surface area contributed by atoms with Crippen molar-refractivity contribution in [3.05, 3.63) is 0 Å². The van der Waals surface area contributed by atoms with E-state index < -0.39 is 36.2 Å². The van der Waals surface area contributed by atoms with Gasteiger partial charge in [0.1, 0.15) is 18.8 Å². The van der Waals surface area contributed by atoms with Gasteiger partial charge in [0.15, 0.2) is 6.10 Å². The molecule has 1 aliphatic heterocycles. The van der Waals surface area contributed by atoms with Gasteiger partial charge in [-0.05, 0) is 0 Å². The first kappa shape index (κ1) is 14.4. The molecule has 0 N–H and O–H groups in total. The van der Waals surface area contributed by atoms with Crippen molar-refractivity contribution in [2.24, 2.45) is 0 Å². The highest BCUT2D eigenvalue weighted by atomic mass is 16.6. The van der Waals surface area contributed by atoms with Crippen LogP contribution >= 0.6 is 0 Å². The van der Waals surface area contributed by atoms with Gasteiger partial charge in [0.25, 0.3) is 0 Å². The van der Waals surface area contributed by atoms with Gasteiger partial charge in [-0.3, -0.25) is 9.59 Å². The molecule has 0 spiro atoms. The molecule has 3 atom stereocenters. The van der Waals surface area contributed by atoms with E-state index in [1.54, 1.807) is 0 Å². The van der Waals surface area contributed by atoms with Crippen molar-refractivity contribution in [1.29, 1.82) is 0 Å². The Labute approximate surface area is 104 Å². The molecule has 18 heavy (non-hydrogen) atoms. The Morgan fingerprint density at radius 1 is 1.22 bits per heavy atom. The lowest BCUT2D eigenvalue weighted by Crippen LogP contribution is -2.31. The molecule has 0 aliphatic carbocycles. The Kier molecular flexibility index (Phi) is 5.08. The largest absolute Gasteiger partial charge is 0.467 e. The van der Waals surface area contributed by atoms with Crippen LogP contribution in [0, 0.1) is 0 Å². The lowest BCUT2D eigenvalue weighted by molar-refractivity contribution is -0.159. The molecule has 7 heteroatoms. The predicted molar refractivity (Wildman–Crippen MR) is 57.5 cm³/mol. The highest BCUT2D eigenvalue weighted by Gasteiger charge is 2.42. The summed E-state index contributed by atoms with van der Waals surface area (Å²) in [6.07, 6.45) is -1.88. The zero-order chi connectivity index (χ0) is 13.7. The van der Waals surface area contributed by atoms with Crippen LogP contribution < -0.4 is 0 Å². The highest BCUT2D eigenvalue weighted by molar-refractivity contribution is 5.75. The molecule has 1 saturated heterocycles. The van der Waals surface area contributed by atoms with Crippen LogP contribution in [0.5, 0.6) is 0 Å². The lowest BCUT2D eigenvalue weighted by atomic mass is 10.1. The van der Waals surface area contributed by atoms with Crippen molar-refractivity contribution in [3.8, 4) is 0 Å². The van der Waals surface area contributed by atoms with Gasteiger partial charge in [-0.25, -0.2) is 4.79 Å². The first-order valence-corrected chi connectivity index (χ1v) is 5.48. The molecule has 102 valence electrons. The van der Waals surface area contributed by atoms with Crippen LogP contribution in [0.25, 0.3) is 0 Å². The summed E-state index contributed by atoms with van der Waals surface area (Å²) in [6.45, 7) is 2.45. The minimum Gasteiger partial charge on any atom is -0.467 e. The summed E-state index contributed by atoms with van der Waals surface area (Å²) in [6, 6.07) is 0. The van der Waals surface area contributed by atoms with Crippen LogP contribution in [0.2, 0.25) is 0 Å². The van der Waals surface area contributed by atoms with Crippen molar-refractivity contribution < 1.29 is 33.3 Å². The number of methoxy groups -OCH3 is 1. The Morgan fingerprint density at radius 2 is 1.89 bits per heavy atom. The van der Waals surface area contributed by atoms with Crippen LogP contribution in [0.3, 0.4) is 0 Å². The molecular formula is C11H16O7. The fourth-order valence-electron chi connectivity index (χ4n) is 1.68. The number of ether oxygens (including phenoxy) is 4. The third kappa shape index (κ3) is 3.99. The van der Waals surface area contributed by atoms with Gasteiger partial charge in [0.2, 0.25) is 0 Å². The summed E-state index contributed by atoms with van der Waals surface area (Å²) < 4.78 is 19.7. The molecule has 0 saturated carbocycles. The third-order valence-electron chi connectivity index (χ3n) is 2.43. The smallest absolute Gasteiger partial charge is 0.335 e. The van der Waals surface area contributed by atoms with Crippen molar-refractivity contribution in [2.45, 2.75) is 38.6 Å². The second kappa shape index (κ2) is 6.34. The molecular weight excluding hydrogens is 244 g/mol. The van der Waals surface area contributed by atoms with Crippen molar-refractivity contribution >= 4 is 17.9 Å². The van der Waals surface area contributed by atoms with E-state index in [9.17, 15) is 14.4 Å². The van der Waals surface area contributed by atoms with E-state index in [1.165, 1.54) is 21.0 Å². The number of hydrogen-bond donors (Lipinski definition) is 0. The van der Waals surface area contributed by atoms with Gasteiger partial charge in [-0.15, -0.1) is 0 Å². The number of hydrogen-bond acceptors (Lipinski definition) is 7. The molecule has 1 heterocycles. The molecule has 0 bridgehead atoms. The molecule has 1 aliphatic rings. The van der Waals surface area contributed by atoms with E-state index in [2.05, 4.69) is 4.74 Å². The molecule has 0 amide bonds. The molecule has 0 aromatic carbocycles. The van der Waals surface area contributed by atoms with Gasteiger partial charge in [-0.1, -0.05) is 0 Å². The Hall–Kier alpha value is -1.63. The van der Waals surface area contributed by atoms with Crippen LogP contribution in [0.4, 0.5) is 0 Å². The van der Waals surface area contributed by atoms with Gasteiger partial charge in [0.05, 0.1) is 7.11 Å². The van der Waals surface area contributed by atoms with Crippen LogP contribution in [-0.4, -0.2) is 49.9 Å². The summed E-state index contributed by atoms with van der Waals surface area (Å²) in [5.74, 6) is -1.50. The zero-order valence-corrected chi connectivity index (χ0v) is 10.5. The van der Waals surface area contributed by atoms with E-state index >= 15 is 0 Å². The summed E-state index contributed by atoms with van der Waals surface area (Å²) >= 11 is 0. The maximum absolute atomic E-state index is 11.3. The van der Waals surface area contributed by atoms with Gasteiger partial charge < -0.3 is 18.9 Å². The monoisotopic (exact) mass is 260 g/mol. The number of carbonyl (C=O) groups excluding carboxylic acids is 3. The van der Waals surface area contributed by atoms with E-state index in [-0.39, 0.29) is 13.0 Å². The average Bonchev–Trinajstić information content (AvgIpc) is 2.67. The van der Waals surface area contributed by atoms with E-state index in [0.717, 1.165) is 0 Å². The maximum Gasteiger partial charge on any atom is 0.335 e. The topological polar surface area (TPSA) is 88.1 Å². The zero-order valence-electron chi connectivity index (χ0n) is 10.5. The Balaban J connectivity index is 2.62. The van der Waals surface area contributed by atoms with E-state index in [0.29, 0.717) is 0 Å². The van der Waals surface area contributed by atoms with E-state index in [4.69, 9.17) is 14.2 Å². The number of esters is 3. The number of rotatable bonds is 4. The molecule has 0 unspecified atom stereocenters. The molecule has 1 rings (SSSR count). The minimum atomic E-state index is -0.806. The van der Waals surface area contributed by atoms with Crippen molar-refractivity contribution in [3.63, 3.8) is 0 Å². The first-order chi connectivity index (χ1) is 8.43. The van der Waals surface area contributed by atoms with Gasteiger partial charge in [-0.2, -0.15) is 0 Å². The van der Waals surface area contributed by atoms with Crippen LogP contribution in [-0.2, 0) is 33.3 Å². The average molecular weight is 260 g/mol. The predicted octanol–water partition coefficient (Wildman–Crippen LogP) is -0.188. The fraction of sp³-hybridized carbons (Fsp3) is 0.727. The fourth-order valence-corrected chi connectivity index (χ4v) is 1.68. The van der Waals surface area contributed by atoms with E-state index in [1.807, 2.05) is 0 Å². The first-order valence-electron chi connectivity index (χ1n) is 5.48. The highest BCUT2D eigenvalue weighted by Crippen LogP contribution is 2.24. The van der Waals surface area contributed by atoms with Gasteiger partial charge in [0, 0.05) is 20.3 Å². The lowest BCUT2D eigenvalue weighted by Gasteiger charge is -2.17. The van der Waals surface area contributed by atoms with Crippen molar-refractivity contribution in [1.82, 2.24) is 0 Å². The molecule has 0 aromatic rings. The minimum absolute atomic E-state index is 0.0687. The Morgan fingerprint density at radius 3 is 2.39 bits per heavy atom. The second-order valence-electron chi connectivity index (χ2n) is 3.87. The summed E-state index contributed by atoms with van der Waals surface area (Å²) in [4.78, 5) is 33.0. The molecule has 0 aromatic heterocycles. The second-order valence-corrected chi connectivity index (χ2v) is 3.87. The summed E-state index contributed by atoms with van der Waals surface area (Å²) in [7, 11) is 1.24. The summed E-state index contributed by atoms with van der Waals surface area (Å²) in [5, 5.41) is 0. The summed E-state index contributed by atoms with van der Waals surface area (Å²) in [5.41, 5.74) is 0. The third-order valence-corrected chi connectivity index (χ3v) is 2.43. The van der Waals surface area contributed by atoms with Crippen LogP contribution in [0.15, 0.2) is 0 Å². The Bertz CT molecular complexity index is 338.